The van der Waals surface area contributed by atoms with Gasteiger partial charge in [-0.25, -0.2) is 0 Å². The molecule has 0 bridgehead atoms. The van der Waals surface area contributed by atoms with Crippen molar-refractivity contribution in [3.8, 4) is 0 Å². The Hall–Kier alpha value is -1.84. The van der Waals surface area contributed by atoms with Crippen molar-refractivity contribution >= 4 is 17.5 Å². The van der Waals surface area contributed by atoms with Crippen LogP contribution in [0.25, 0.3) is 0 Å². The molecule has 0 aliphatic heterocycles. The van der Waals surface area contributed by atoms with E-state index in [4.69, 9.17) is 0 Å². The Bertz CT molecular complexity index is 477. The van der Waals surface area contributed by atoms with Crippen molar-refractivity contribution in [3.63, 3.8) is 0 Å². The number of amides is 2. The van der Waals surface area contributed by atoms with Gasteiger partial charge in [0, 0.05) is 18.8 Å². The van der Waals surface area contributed by atoms with Gasteiger partial charge < -0.3 is 10.2 Å². The van der Waals surface area contributed by atoms with Gasteiger partial charge in [0.25, 0.3) is 0 Å². The molecule has 0 radical (unpaired) electrons. The van der Waals surface area contributed by atoms with Gasteiger partial charge in [-0.2, -0.15) is 0 Å². The molecule has 2 amide bonds. The number of benzene rings is 1. The Morgan fingerprint density at radius 3 is 2.20 bits per heavy atom. The normalized spacial score (nSPS) is 10.2. The number of rotatable bonds is 5. The number of nitrogens with one attached hydrogen (secondary N) is 1. The van der Waals surface area contributed by atoms with Crippen LogP contribution in [0.5, 0.6) is 0 Å². The lowest BCUT2D eigenvalue weighted by Crippen LogP contribution is -2.40. The monoisotopic (exact) mass is 276 g/mol. The molecule has 0 saturated carbocycles. The minimum atomic E-state index is -0.557. The van der Waals surface area contributed by atoms with Crippen molar-refractivity contribution in [3.05, 3.63) is 29.3 Å². The molecule has 0 aliphatic carbocycles. The predicted octanol–water partition coefficient (Wildman–Crippen LogP) is 2.89. The van der Waals surface area contributed by atoms with Gasteiger partial charge in [-0.05, 0) is 38.3 Å². The zero-order valence-corrected chi connectivity index (χ0v) is 12.8. The third-order valence-electron chi connectivity index (χ3n) is 3.10. The summed E-state index contributed by atoms with van der Waals surface area (Å²) in [5.41, 5.74) is 2.79. The first-order valence-corrected chi connectivity index (χ1v) is 7.17. The van der Waals surface area contributed by atoms with E-state index in [1.54, 1.807) is 4.90 Å². The van der Waals surface area contributed by atoms with Crippen LogP contribution in [0.3, 0.4) is 0 Å². The summed E-state index contributed by atoms with van der Waals surface area (Å²) in [7, 11) is 0. The maximum Gasteiger partial charge on any atom is 0.313 e. The van der Waals surface area contributed by atoms with Gasteiger partial charge in [-0.15, -0.1) is 0 Å². The average molecular weight is 276 g/mol. The zero-order valence-electron chi connectivity index (χ0n) is 12.8. The molecule has 0 spiro atoms. The molecule has 0 unspecified atom stereocenters. The van der Waals surface area contributed by atoms with Crippen molar-refractivity contribution in [2.75, 3.05) is 18.4 Å². The number of anilines is 1. The predicted molar refractivity (Wildman–Crippen MR) is 81.7 cm³/mol. The van der Waals surface area contributed by atoms with Crippen LogP contribution in [0.1, 0.15) is 37.8 Å². The zero-order chi connectivity index (χ0) is 15.1. The number of hydrogen-bond donors (Lipinski definition) is 1. The first-order valence-electron chi connectivity index (χ1n) is 7.17. The molecule has 4 nitrogen and oxygen atoms in total. The second kappa shape index (κ2) is 7.68. The Kier molecular flexibility index (Phi) is 6.22. The molecule has 0 saturated heterocycles. The quantitative estimate of drug-likeness (QED) is 0.841. The molecular weight excluding hydrogens is 252 g/mol. The summed E-state index contributed by atoms with van der Waals surface area (Å²) in [5.74, 6) is -1.01. The third kappa shape index (κ3) is 4.37. The van der Waals surface area contributed by atoms with E-state index in [2.05, 4.69) is 5.32 Å². The van der Waals surface area contributed by atoms with E-state index in [9.17, 15) is 9.59 Å². The van der Waals surface area contributed by atoms with Gasteiger partial charge in [0.2, 0.25) is 0 Å². The van der Waals surface area contributed by atoms with E-state index in [1.807, 2.05) is 45.9 Å². The first kappa shape index (κ1) is 16.2. The number of nitrogens with zero attached hydrogens (tertiary/aromatic N) is 1. The standard InChI is InChI=1S/C16H24N2O2/c1-5-9-18(10-6-2)16(20)15(19)17-14-8-7-12(3)11-13(14)4/h7-8,11H,5-6,9-10H2,1-4H3,(H,17,19). The van der Waals surface area contributed by atoms with Crippen LogP contribution in [-0.2, 0) is 9.59 Å². The SMILES string of the molecule is CCCN(CCC)C(=O)C(=O)Nc1ccc(C)cc1C. The van der Waals surface area contributed by atoms with Crippen LogP contribution < -0.4 is 5.32 Å². The smallest absolute Gasteiger partial charge is 0.313 e. The molecule has 0 aromatic heterocycles. The van der Waals surface area contributed by atoms with Crippen molar-refractivity contribution in [1.82, 2.24) is 4.90 Å². The fourth-order valence-corrected chi connectivity index (χ4v) is 2.13. The summed E-state index contributed by atoms with van der Waals surface area (Å²) in [5, 5.41) is 2.70. The molecule has 1 N–H and O–H groups in total. The number of aryl methyl sites for hydroxylation is 2. The maximum atomic E-state index is 12.1. The molecule has 1 aromatic carbocycles. The number of carbonyl (C=O) groups excluding carboxylic acids is 2. The highest BCUT2D eigenvalue weighted by Gasteiger charge is 2.20. The number of hydrogen-bond acceptors (Lipinski definition) is 2. The highest BCUT2D eigenvalue weighted by Crippen LogP contribution is 2.16. The van der Waals surface area contributed by atoms with E-state index in [1.165, 1.54) is 0 Å². The Morgan fingerprint density at radius 1 is 1.10 bits per heavy atom. The molecular formula is C16H24N2O2. The summed E-state index contributed by atoms with van der Waals surface area (Å²) < 4.78 is 0. The van der Waals surface area contributed by atoms with Gasteiger partial charge in [-0.1, -0.05) is 31.5 Å². The maximum absolute atomic E-state index is 12.1. The van der Waals surface area contributed by atoms with Crippen LogP contribution >= 0.6 is 0 Å². The largest absolute Gasteiger partial charge is 0.334 e. The molecule has 0 fully saturated rings. The van der Waals surface area contributed by atoms with Crippen molar-refractivity contribution in [1.29, 1.82) is 0 Å². The molecule has 0 atom stereocenters. The van der Waals surface area contributed by atoms with E-state index in [-0.39, 0.29) is 0 Å². The van der Waals surface area contributed by atoms with Crippen molar-refractivity contribution in [2.24, 2.45) is 0 Å². The van der Waals surface area contributed by atoms with Crippen LogP contribution in [0.15, 0.2) is 18.2 Å². The van der Waals surface area contributed by atoms with Crippen LogP contribution in [0.2, 0.25) is 0 Å². The van der Waals surface area contributed by atoms with Crippen molar-refractivity contribution in [2.45, 2.75) is 40.5 Å². The summed E-state index contributed by atoms with van der Waals surface area (Å²) in [6.45, 7) is 9.15. The lowest BCUT2D eigenvalue weighted by Gasteiger charge is -2.21. The van der Waals surface area contributed by atoms with E-state index >= 15 is 0 Å². The van der Waals surface area contributed by atoms with Crippen LogP contribution in [-0.4, -0.2) is 29.8 Å². The Labute approximate surface area is 121 Å². The molecule has 20 heavy (non-hydrogen) atoms. The third-order valence-corrected chi connectivity index (χ3v) is 3.10. The van der Waals surface area contributed by atoms with Gasteiger partial charge in [0.05, 0.1) is 0 Å². The van der Waals surface area contributed by atoms with Crippen LogP contribution in [0.4, 0.5) is 5.69 Å². The number of carbonyl (C=O) groups is 2. The molecule has 4 heteroatoms. The fraction of sp³-hybridized carbons (Fsp3) is 0.500. The van der Waals surface area contributed by atoms with Gasteiger partial charge in [0.15, 0.2) is 0 Å². The molecule has 0 aliphatic rings. The summed E-state index contributed by atoms with van der Waals surface area (Å²) in [4.78, 5) is 25.8. The lowest BCUT2D eigenvalue weighted by atomic mass is 10.1. The summed E-state index contributed by atoms with van der Waals surface area (Å²) >= 11 is 0. The van der Waals surface area contributed by atoms with E-state index in [0.29, 0.717) is 18.8 Å². The highest BCUT2D eigenvalue weighted by molar-refractivity contribution is 6.39. The molecule has 1 aromatic rings. The van der Waals surface area contributed by atoms with E-state index < -0.39 is 11.8 Å². The summed E-state index contributed by atoms with van der Waals surface area (Å²) in [6, 6.07) is 5.73. The van der Waals surface area contributed by atoms with Crippen LogP contribution in [0, 0.1) is 13.8 Å². The first-order chi connectivity index (χ1) is 9.49. The fourth-order valence-electron chi connectivity index (χ4n) is 2.13. The topological polar surface area (TPSA) is 49.4 Å². The average Bonchev–Trinajstić information content (AvgIpc) is 2.40. The Morgan fingerprint density at radius 2 is 1.70 bits per heavy atom. The van der Waals surface area contributed by atoms with Gasteiger partial charge >= 0.3 is 11.8 Å². The van der Waals surface area contributed by atoms with Gasteiger partial charge in [0.1, 0.15) is 0 Å². The lowest BCUT2D eigenvalue weighted by molar-refractivity contribution is -0.143. The second-order valence-electron chi connectivity index (χ2n) is 5.06. The molecule has 110 valence electrons. The molecule has 0 heterocycles. The molecule has 1 rings (SSSR count). The van der Waals surface area contributed by atoms with Gasteiger partial charge in [-0.3, -0.25) is 9.59 Å². The minimum absolute atomic E-state index is 0.450. The second-order valence-corrected chi connectivity index (χ2v) is 5.06. The highest BCUT2D eigenvalue weighted by atomic mass is 16.2. The Balaban J connectivity index is 2.76. The minimum Gasteiger partial charge on any atom is -0.334 e. The van der Waals surface area contributed by atoms with E-state index in [0.717, 1.165) is 24.0 Å². The van der Waals surface area contributed by atoms with Crippen molar-refractivity contribution < 1.29 is 9.59 Å². The summed E-state index contributed by atoms with van der Waals surface area (Å²) in [6.07, 6.45) is 1.70.